The van der Waals surface area contributed by atoms with Crippen LogP contribution in [0.2, 0.25) is 0 Å². The van der Waals surface area contributed by atoms with Gasteiger partial charge in [-0.1, -0.05) is 20.4 Å². The fraction of sp³-hybridized carbons (Fsp3) is 0.808. The summed E-state index contributed by atoms with van der Waals surface area (Å²) >= 11 is 0. The van der Waals surface area contributed by atoms with Crippen LogP contribution in [0.1, 0.15) is 59.8 Å². The molecule has 0 radical (unpaired) electrons. The number of carbonyl (C=O) groups is 3. The molecule has 7 bridgehead atoms. The van der Waals surface area contributed by atoms with Gasteiger partial charge in [-0.05, 0) is 61.0 Å². The molecule has 5 saturated carbocycles. The Hall–Kier alpha value is -1.69. The molecule has 2 spiro atoms. The normalized spacial score (nSPS) is 52.7. The molecule has 0 aromatic carbocycles. The number of hydrogen-bond acceptors (Lipinski definition) is 6. The first-order valence-electron chi connectivity index (χ1n) is 12.4. The molecule has 6 aliphatic rings. The number of piperidine rings is 1. The van der Waals surface area contributed by atoms with Gasteiger partial charge in [0.1, 0.15) is 18.0 Å². The van der Waals surface area contributed by atoms with Crippen molar-refractivity contribution in [3.05, 3.63) is 12.2 Å². The standard InChI is InChI=1S/C26H35NO5/c1-6-27-12-24(5)8-7-21(31-14(3)28)26-19(24)9-17(22(26)27)25-11-16(18(30)10-20(25)26)13(2)23(25)32-15(4)29/h16-17,19-23H,2,6-12H2,1,3-5H3/t16-,17+,19-,20-,21+,22-,23-,24+,25+,26+/m1/s1. The molecule has 0 unspecified atom stereocenters. The third kappa shape index (κ3) is 2.10. The number of hydrogen-bond donors (Lipinski definition) is 0. The largest absolute Gasteiger partial charge is 0.462 e. The zero-order chi connectivity index (χ0) is 22.8. The average molecular weight is 442 g/mol. The third-order valence-corrected chi connectivity index (χ3v) is 10.9. The Morgan fingerprint density at radius 1 is 1.19 bits per heavy atom. The minimum Gasteiger partial charge on any atom is -0.462 e. The summed E-state index contributed by atoms with van der Waals surface area (Å²) in [5, 5.41) is 0. The maximum absolute atomic E-state index is 13.4. The topological polar surface area (TPSA) is 72.9 Å². The van der Waals surface area contributed by atoms with Gasteiger partial charge in [0, 0.05) is 49.6 Å². The van der Waals surface area contributed by atoms with Crippen LogP contribution in [0.15, 0.2) is 12.2 Å². The summed E-state index contributed by atoms with van der Waals surface area (Å²) in [5.74, 6) is 0.322. The highest BCUT2D eigenvalue weighted by Crippen LogP contribution is 2.83. The van der Waals surface area contributed by atoms with Crippen LogP contribution in [-0.2, 0) is 23.9 Å². The van der Waals surface area contributed by atoms with E-state index in [0.29, 0.717) is 18.3 Å². The van der Waals surface area contributed by atoms with Gasteiger partial charge in [0.05, 0.1) is 0 Å². The van der Waals surface area contributed by atoms with Gasteiger partial charge in [0.2, 0.25) is 0 Å². The van der Waals surface area contributed by atoms with Crippen molar-refractivity contribution in [1.82, 2.24) is 4.90 Å². The van der Waals surface area contributed by atoms with Crippen LogP contribution >= 0.6 is 0 Å². The number of nitrogens with zero attached hydrogens (tertiary/aromatic N) is 1. The van der Waals surface area contributed by atoms with E-state index in [1.165, 1.54) is 13.8 Å². The highest BCUT2D eigenvalue weighted by molar-refractivity contribution is 5.87. The molecular weight excluding hydrogens is 406 g/mol. The molecule has 0 amide bonds. The van der Waals surface area contributed by atoms with Crippen LogP contribution in [-0.4, -0.2) is 54.0 Å². The predicted octanol–water partition coefficient (Wildman–Crippen LogP) is 3.14. The number of carbonyl (C=O) groups excluding carboxylic acids is 3. The van der Waals surface area contributed by atoms with Crippen molar-refractivity contribution >= 4 is 17.7 Å². The molecule has 6 fully saturated rings. The zero-order valence-electron chi connectivity index (χ0n) is 19.7. The van der Waals surface area contributed by atoms with E-state index < -0.39 is 6.10 Å². The first-order chi connectivity index (χ1) is 15.1. The molecule has 10 atom stereocenters. The minimum atomic E-state index is -0.405. The lowest BCUT2D eigenvalue weighted by molar-refractivity contribution is -0.224. The highest BCUT2D eigenvalue weighted by atomic mass is 16.5. The van der Waals surface area contributed by atoms with E-state index in [1.54, 1.807) is 0 Å². The first-order valence-corrected chi connectivity index (χ1v) is 12.4. The molecule has 6 rings (SSSR count). The summed E-state index contributed by atoms with van der Waals surface area (Å²) in [5.41, 5.74) is 0.446. The number of esters is 2. The Morgan fingerprint density at radius 3 is 2.56 bits per heavy atom. The van der Waals surface area contributed by atoms with Crippen molar-refractivity contribution in [2.24, 2.45) is 39.9 Å². The molecular formula is C26H35NO5. The first kappa shape index (κ1) is 20.9. The fourth-order valence-electron chi connectivity index (χ4n) is 10.4. The van der Waals surface area contributed by atoms with Crippen molar-refractivity contribution in [3.63, 3.8) is 0 Å². The van der Waals surface area contributed by atoms with Gasteiger partial charge in [-0.2, -0.15) is 0 Å². The van der Waals surface area contributed by atoms with Gasteiger partial charge in [-0.25, -0.2) is 0 Å². The van der Waals surface area contributed by atoms with Gasteiger partial charge in [0.15, 0.2) is 0 Å². The molecule has 1 saturated heterocycles. The Morgan fingerprint density at radius 2 is 1.91 bits per heavy atom. The van der Waals surface area contributed by atoms with Gasteiger partial charge in [0.25, 0.3) is 0 Å². The van der Waals surface area contributed by atoms with Crippen molar-refractivity contribution in [3.8, 4) is 0 Å². The molecule has 0 N–H and O–H groups in total. The summed E-state index contributed by atoms with van der Waals surface area (Å²) in [4.78, 5) is 40.5. The van der Waals surface area contributed by atoms with Crippen LogP contribution in [0.3, 0.4) is 0 Å². The van der Waals surface area contributed by atoms with E-state index in [0.717, 1.165) is 44.3 Å². The average Bonchev–Trinajstić information content (AvgIpc) is 3.24. The van der Waals surface area contributed by atoms with Crippen molar-refractivity contribution in [2.75, 3.05) is 13.1 Å². The molecule has 6 nitrogen and oxygen atoms in total. The zero-order valence-corrected chi connectivity index (χ0v) is 19.7. The van der Waals surface area contributed by atoms with E-state index in [9.17, 15) is 14.4 Å². The lowest BCUT2D eigenvalue weighted by atomic mass is 9.43. The Kier molecular flexibility index (Phi) is 4.08. The third-order valence-electron chi connectivity index (χ3n) is 10.9. The molecule has 0 aromatic heterocycles. The quantitative estimate of drug-likeness (QED) is 0.495. The maximum atomic E-state index is 13.4. The monoisotopic (exact) mass is 441 g/mol. The molecule has 1 aliphatic heterocycles. The number of rotatable bonds is 3. The summed E-state index contributed by atoms with van der Waals surface area (Å²) in [6, 6.07) is 0.260. The number of Topliss-reactive ketones (excluding diaryl/α,β-unsaturated/α-hetero) is 1. The van der Waals surface area contributed by atoms with E-state index >= 15 is 0 Å². The van der Waals surface area contributed by atoms with Gasteiger partial charge >= 0.3 is 11.9 Å². The van der Waals surface area contributed by atoms with Crippen LogP contribution in [0, 0.1) is 39.9 Å². The summed E-state index contributed by atoms with van der Waals surface area (Å²) in [7, 11) is 0. The van der Waals surface area contributed by atoms with Crippen LogP contribution in [0.4, 0.5) is 0 Å². The second-order valence-electron chi connectivity index (χ2n) is 11.8. The SMILES string of the molecule is C=C1[C@H]2C[C@@]3([C@@H]1OC(C)=O)[C@@H](CC2=O)[C@@]12[C@@H](OC(C)=O)CC[C@@]4(C)CN(CC)[C@@H]1[C@@H]3C[C@H]42. The molecule has 6 heteroatoms. The molecule has 174 valence electrons. The van der Waals surface area contributed by atoms with Gasteiger partial charge in [-0.15, -0.1) is 0 Å². The number of fused-ring (bicyclic) bond motifs is 1. The van der Waals surface area contributed by atoms with E-state index in [4.69, 9.17) is 9.47 Å². The summed E-state index contributed by atoms with van der Waals surface area (Å²) in [6.45, 7) is 13.9. The summed E-state index contributed by atoms with van der Waals surface area (Å²) < 4.78 is 12.2. The number of ketones is 1. The van der Waals surface area contributed by atoms with E-state index in [2.05, 4.69) is 25.3 Å². The van der Waals surface area contributed by atoms with Crippen LogP contribution in [0.5, 0.6) is 0 Å². The van der Waals surface area contributed by atoms with Gasteiger partial charge < -0.3 is 9.47 Å². The fourth-order valence-corrected chi connectivity index (χ4v) is 10.4. The van der Waals surface area contributed by atoms with Crippen LogP contribution in [0.25, 0.3) is 0 Å². The smallest absolute Gasteiger partial charge is 0.303 e. The van der Waals surface area contributed by atoms with Crippen molar-refractivity contribution in [2.45, 2.75) is 78.0 Å². The Bertz CT molecular complexity index is 945. The second-order valence-corrected chi connectivity index (χ2v) is 11.8. The molecule has 0 aromatic rings. The molecule has 32 heavy (non-hydrogen) atoms. The Labute approximate surface area is 190 Å². The summed E-state index contributed by atoms with van der Waals surface area (Å²) in [6.07, 6.45) is 3.62. The second kappa shape index (κ2) is 6.25. The van der Waals surface area contributed by atoms with Crippen molar-refractivity contribution < 1.29 is 23.9 Å². The van der Waals surface area contributed by atoms with E-state index in [1.807, 2.05) is 0 Å². The number of ether oxygens (including phenoxy) is 2. The lowest BCUT2D eigenvalue weighted by Gasteiger charge is -2.65. The number of likely N-dealkylation sites (tertiary alicyclic amines) is 1. The van der Waals surface area contributed by atoms with Crippen LogP contribution < -0.4 is 0 Å². The van der Waals surface area contributed by atoms with E-state index in [-0.39, 0.29) is 57.9 Å². The minimum absolute atomic E-state index is 0.0643. The highest BCUT2D eigenvalue weighted by Gasteiger charge is 2.86. The molecule has 1 heterocycles. The molecule has 5 aliphatic carbocycles. The predicted molar refractivity (Wildman–Crippen MR) is 116 cm³/mol. The van der Waals surface area contributed by atoms with Gasteiger partial charge in [-0.3, -0.25) is 19.3 Å². The Balaban J connectivity index is 1.59. The lowest BCUT2D eigenvalue weighted by Crippen LogP contribution is -2.69. The maximum Gasteiger partial charge on any atom is 0.303 e. The van der Waals surface area contributed by atoms with Crippen molar-refractivity contribution in [1.29, 1.82) is 0 Å².